The van der Waals surface area contributed by atoms with Crippen LogP contribution in [0, 0.1) is 0 Å². The summed E-state index contributed by atoms with van der Waals surface area (Å²) in [6.07, 6.45) is 5.78. The normalized spacial score (nSPS) is 15.4. The lowest BCUT2D eigenvalue weighted by Gasteiger charge is -2.38. The summed E-state index contributed by atoms with van der Waals surface area (Å²) in [5, 5.41) is 25.7. The second-order valence-corrected chi connectivity index (χ2v) is 14.3. The highest BCUT2D eigenvalue weighted by molar-refractivity contribution is 7.99. The Balaban J connectivity index is 0.000000174. The first kappa shape index (κ1) is 40.0. The summed E-state index contributed by atoms with van der Waals surface area (Å²) in [7, 11) is 5.22. The van der Waals surface area contributed by atoms with Gasteiger partial charge in [0.05, 0.1) is 25.2 Å². The first-order chi connectivity index (χ1) is 26.0. The fraction of sp³-hybridized carbons (Fsp3) is 0.244. The van der Waals surface area contributed by atoms with Gasteiger partial charge in [-0.25, -0.2) is 9.59 Å². The number of carboxylic acid groups (broad SMARTS) is 2. The van der Waals surface area contributed by atoms with E-state index in [1.165, 1.54) is 64.4 Å². The molecule has 4 aromatic carbocycles. The van der Waals surface area contributed by atoms with Crippen LogP contribution in [0.1, 0.15) is 17.2 Å². The molecule has 7 rings (SSSR count). The fourth-order valence-electron chi connectivity index (χ4n) is 6.15. The molecule has 54 heavy (non-hydrogen) atoms. The number of benzene rings is 4. The molecule has 3 heterocycles. The first-order valence-corrected chi connectivity index (χ1v) is 19.0. The lowest BCUT2D eigenvalue weighted by atomic mass is 9.96. The number of hydrogen-bond acceptors (Lipinski definition) is 11. The number of phenolic OH excluding ortho intramolecular Hbond substituents is 1. The molecular formula is C41H42N2O9S2. The first-order valence-electron chi connectivity index (χ1n) is 17.0. The third kappa shape index (κ3) is 9.85. The van der Waals surface area contributed by atoms with E-state index in [1.54, 1.807) is 31.4 Å². The highest BCUT2D eigenvalue weighted by Gasteiger charge is 2.29. The number of hydrogen-bond donors (Lipinski definition) is 3. The van der Waals surface area contributed by atoms with Gasteiger partial charge in [-0.2, -0.15) is 0 Å². The van der Waals surface area contributed by atoms with Crippen molar-refractivity contribution in [3.8, 4) is 28.4 Å². The lowest BCUT2D eigenvalue weighted by Crippen LogP contribution is -2.46. The number of rotatable bonds is 7. The summed E-state index contributed by atoms with van der Waals surface area (Å²) < 4.78 is 15.7. The lowest BCUT2D eigenvalue weighted by molar-refractivity contribution is -0.134. The molecule has 0 bridgehead atoms. The molecule has 1 fully saturated rings. The van der Waals surface area contributed by atoms with E-state index in [4.69, 9.17) is 24.1 Å². The SMILES string of the molecule is COc1ccc(-c2coc3c(OC)c(O)ccc3c2=O)cc1.CSc1ccc2c(c1)C(N1CCN(C)CC1)Cc1ccccc1S2.O=C(O)C=CC(=O)O. The largest absolute Gasteiger partial charge is 0.504 e. The van der Waals surface area contributed by atoms with Gasteiger partial charge >= 0.3 is 11.9 Å². The molecule has 1 atom stereocenters. The van der Waals surface area contributed by atoms with Crippen molar-refractivity contribution in [3.05, 3.63) is 119 Å². The van der Waals surface area contributed by atoms with Crippen molar-refractivity contribution in [1.82, 2.24) is 9.80 Å². The summed E-state index contributed by atoms with van der Waals surface area (Å²) in [4.78, 5) is 41.1. The standard InChI is InChI=1S/C20H24N2S2.C17H14O5.C4H4O4/c1-21-9-11-22(12-10-21)18-13-15-5-3-4-6-19(15)24-20-8-7-16(23-2)14-17(18)20;1-20-11-5-3-10(4-6-11)13-9-22-16-12(15(13)19)7-8-14(18)17(16)21-2;5-3(6)1-2-4(7)8/h3-8,14,18H,9-13H2,1-2H3;3-9,18H,1-2H3;1-2H,(H,5,6)(H,7,8). The van der Waals surface area contributed by atoms with Crippen molar-refractivity contribution in [2.45, 2.75) is 27.1 Å². The predicted octanol–water partition coefficient (Wildman–Crippen LogP) is 7.30. The van der Waals surface area contributed by atoms with E-state index in [-0.39, 0.29) is 22.5 Å². The number of ether oxygens (including phenoxy) is 2. The van der Waals surface area contributed by atoms with Crippen molar-refractivity contribution in [3.63, 3.8) is 0 Å². The quantitative estimate of drug-likeness (QED) is 0.112. The molecule has 3 N–H and O–H groups in total. The molecule has 5 aromatic rings. The van der Waals surface area contributed by atoms with Crippen LogP contribution in [-0.4, -0.2) is 90.8 Å². The Labute approximate surface area is 321 Å². The number of phenols is 1. The Morgan fingerprint density at radius 2 is 1.57 bits per heavy atom. The average Bonchev–Trinajstić information content (AvgIpc) is 3.34. The van der Waals surface area contributed by atoms with Crippen LogP contribution < -0.4 is 14.9 Å². The Morgan fingerprint density at radius 3 is 2.20 bits per heavy atom. The molecule has 0 aliphatic carbocycles. The van der Waals surface area contributed by atoms with Gasteiger partial charge in [0.15, 0.2) is 11.3 Å². The average molecular weight is 771 g/mol. The minimum Gasteiger partial charge on any atom is -0.504 e. The summed E-state index contributed by atoms with van der Waals surface area (Å²) in [6, 6.07) is 26.5. The van der Waals surface area contributed by atoms with Crippen LogP contribution in [0.25, 0.3) is 22.1 Å². The second kappa shape index (κ2) is 18.7. The van der Waals surface area contributed by atoms with E-state index in [2.05, 4.69) is 65.6 Å². The van der Waals surface area contributed by atoms with Gasteiger partial charge in [0.1, 0.15) is 12.0 Å². The van der Waals surface area contributed by atoms with Crippen LogP contribution in [0.4, 0.5) is 0 Å². The zero-order valence-corrected chi connectivity index (χ0v) is 32.0. The Kier molecular flexibility index (Phi) is 13.9. The molecule has 0 amide bonds. The Hall–Kier alpha value is -5.21. The summed E-state index contributed by atoms with van der Waals surface area (Å²) in [5.41, 5.74) is 4.21. The third-order valence-corrected chi connectivity index (χ3v) is 10.9. The number of piperazine rings is 1. The molecule has 0 saturated carbocycles. The van der Waals surface area contributed by atoms with Gasteiger partial charge in [-0.3, -0.25) is 9.69 Å². The van der Waals surface area contributed by atoms with Gasteiger partial charge in [-0.15, -0.1) is 11.8 Å². The maximum atomic E-state index is 12.6. The maximum absolute atomic E-state index is 12.6. The van der Waals surface area contributed by atoms with E-state index < -0.39 is 11.9 Å². The van der Waals surface area contributed by atoms with Gasteiger partial charge in [0, 0.05) is 59.1 Å². The van der Waals surface area contributed by atoms with Crippen molar-refractivity contribution >= 4 is 46.4 Å². The van der Waals surface area contributed by atoms with Crippen molar-refractivity contribution in [2.24, 2.45) is 0 Å². The molecule has 0 spiro atoms. The topological polar surface area (TPSA) is 150 Å². The second-order valence-electron chi connectivity index (χ2n) is 12.4. The number of thioether (sulfide) groups is 1. The van der Waals surface area contributed by atoms with Crippen LogP contribution in [-0.2, 0) is 16.0 Å². The molecular weight excluding hydrogens is 729 g/mol. The molecule has 1 unspecified atom stereocenters. The number of aliphatic carboxylic acids is 2. The number of carboxylic acids is 2. The highest BCUT2D eigenvalue weighted by atomic mass is 32.2. The molecule has 0 radical (unpaired) electrons. The summed E-state index contributed by atoms with van der Waals surface area (Å²) in [6.45, 7) is 4.67. The van der Waals surface area contributed by atoms with E-state index in [0.29, 0.717) is 34.9 Å². The van der Waals surface area contributed by atoms with Gasteiger partial charge in [0.25, 0.3) is 0 Å². The van der Waals surface area contributed by atoms with Crippen LogP contribution in [0.15, 0.2) is 121 Å². The van der Waals surface area contributed by atoms with Crippen LogP contribution in [0.5, 0.6) is 17.2 Å². The fourth-order valence-corrected chi connectivity index (χ4v) is 7.71. The van der Waals surface area contributed by atoms with E-state index in [1.807, 2.05) is 23.5 Å². The third-order valence-electron chi connectivity index (χ3n) is 9.01. The van der Waals surface area contributed by atoms with E-state index >= 15 is 0 Å². The van der Waals surface area contributed by atoms with Crippen molar-refractivity contribution in [1.29, 1.82) is 0 Å². The molecule has 1 saturated heterocycles. The predicted molar refractivity (Wildman–Crippen MR) is 211 cm³/mol. The number of carbonyl (C=O) groups is 2. The number of fused-ring (bicyclic) bond motifs is 3. The highest BCUT2D eigenvalue weighted by Crippen LogP contribution is 2.44. The van der Waals surface area contributed by atoms with Gasteiger partial charge in [0.2, 0.25) is 11.2 Å². The number of nitrogens with zero attached hydrogens (tertiary/aromatic N) is 2. The van der Waals surface area contributed by atoms with Crippen molar-refractivity contribution in [2.75, 3.05) is 53.7 Å². The molecule has 13 heteroatoms. The zero-order chi connectivity index (χ0) is 38.8. The van der Waals surface area contributed by atoms with Crippen LogP contribution in [0.2, 0.25) is 0 Å². The van der Waals surface area contributed by atoms with Crippen molar-refractivity contribution < 1.29 is 38.8 Å². The molecule has 282 valence electrons. The smallest absolute Gasteiger partial charge is 0.328 e. The van der Waals surface area contributed by atoms with E-state index in [0.717, 1.165) is 25.1 Å². The maximum Gasteiger partial charge on any atom is 0.328 e. The molecule has 2 aliphatic heterocycles. The van der Waals surface area contributed by atoms with Crippen LogP contribution >= 0.6 is 23.5 Å². The number of methoxy groups -OCH3 is 2. The van der Waals surface area contributed by atoms with Gasteiger partial charge in [-0.05, 0) is 84.9 Å². The number of aromatic hydroxyl groups is 1. The monoisotopic (exact) mass is 770 g/mol. The molecule has 2 aliphatic rings. The molecule has 11 nitrogen and oxygen atoms in total. The summed E-state index contributed by atoms with van der Waals surface area (Å²) >= 11 is 3.79. The van der Waals surface area contributed by atoms with Gasteiger partial charge < -0.3 is 34.1 Å². The Morgan fingerprint density at radius 1 is 0.889 bits per heavy atom. The summed E-state index contributed by atoms with van der Waals surface area (Å²) in [5.74, 6) is -1.73. The molecule has 1 aromatic heterocycles. The van der Waals surface area contributed by atoms with Gasteiger partial charge in [-0.1, -0.05) is 42.1 Å². The van der Waals surface area contributed by atoms with E-state index in [9.17, 15) is 19.5 Å². The Bertz CT molecular complexity index is 2160. The number of likely N-dealkylation sites (N-methyl/N-ethyl adjacent to an activating group) is 1. The zero-order valence-electron chi connectivity index (χ0n) is 30.4. The minimum atomic E-state index is -1.26. The van der Waals surface area contributed by atoms with Crippen LogP contribution in [0.3, 0.4) is 0 Å². The minimum absolute atomic E-state index is 0.0738.